The number of thiophene rings is 1. The van der Waals surface area contributed by atoms with Crippen molar-refractivity contribution >= 4 is 64.1 Å². The molecule has 3 heteroatoms. The third-order valence-electron chi connectivity index (χ3n) is 9.59. The maximum Gasteiger partial charge on any atom is 0.145 e. The van der Waals surface area contributed by atoms with Gasteiger partial charge in [0.05, 0.1) is 11.0 Å². The smallest absolute Gasteiger partial charge is 0.145 e. The zero-order valence-electron chi connectivity index (χ0n) is 26.0. The summed E-state index contributed by atoms with van der Waals surface area (Å²) < 4.78 is 4.94. The Kier molecular flexibility index (Phi) is 6.08. The van der Waals surface area contributed by atoms with E-state index in [9.17, 15) is 0 Å². The lowest BCUT2D eigenvalue weighted by Gasteiger charge is -2.19. The molecule has 224 valence electrons. The van der Waals surface area contributed by atoms with Crippen LogP contribution in [0.5, 0.6) is 0 Å². The van der Waals surface area contributed by atoms with Gasteiger partial charge in [-0.2, -0.15) is 0 Å². The highest BCUT2D eigenvalue weighted by molar-refractivity contribution is 7.25. The van der Waals surface area contributed by atoms with E-state index in [2.05, 4.69) is 174 Å². The SMILES string of the molecule is c1ccc(-c2nc3ccccc3n2-c2cccc(-c3c4ccccc4c(-c4cccc5sc6ccccc6c45)c4ccccc34)c2)cc1. The first-order chi connectivity index (χ1) is 23.8. The van der Waals surface area contributed by atoms with Crippen molar-refractivity contribution in [2.24, 2.45) is 0 Å². The van der Waals surface area contributed by atoms with E-state index < -0.39 is 0 Å². The van der Waals surface area contributed by atoms with Gasteiger partial charge in [0.2, 0.25) is 0 Å². The molecule has 0 aliphatic carbocycles. The monoisotopic (exact) mass is 628 g/mol. The molecule has 0 bridgehead atoms. The van der Waals surface area contributed by atoms with E-state index in [0.717, 1.165) is 28.1 Å². The lowest BCUT2D eigenvalue weighted by molar-refractivity contribution is 1.10. The molecule has 10 rings (SSSR count). The number of rotatable bonds is 4. The van der Waals surface area contributed by atoms with Crippen LogP contribution in [0.15, 0.2) is 170 Å². The number of para-hydroxylation sites is 2. The second-order valence-electron chi connectivity index (χ2n) is 12.3. The van der Waals surface area contributed by atoms with E-state index in [1.165, 1.54) is 64.0 Å². The average Bonchev–Trinajstić information content (AvgIpc) is 3.73. The summed E-state index contributed by atoms with van der Waals surface area (Å²) >= 11 is 1.87. The first kappa shape index (κ1) is 27.1. The Hall–Kier alpha value is -6.03. The number of aromatic nitrogens is 2. The Morgan fingerprint density at radius 3 is 1.79 bits per heavy atom. The number of hydrogen-bond acceptors (Lipinski definition) is 2. The van der Waals surface area contributed by atoms with E-state index >= 15 is 0 Å². The minimum absolute atomic E-state index is 0.940. The van der Waals surface area contributed by atoms with E-state index in [1.54, 1.807) is 0 Å². The van der Waals surface area contributed by atoms with E-state index in [0.29, 0.717) is 0 Å². The maximum atomic E-state index is 5.11. The molecule has 48 heavy (non-hydrogen) atoms. The van der Waals surface area contributed by atoms with E-state index in [-0.39, 0.29) is 0 Å². The first-order valence-electron chi connectivity index (χ1n) is 16.3. The first-order valence-corrected chi connectivity index (χ1v) is 17.1. The largest absolute Gasteiger partial charge is 0.292 e. The molecule has 0 saturated heterocycles. The van der Waals surface area contributed by atoms with Gasteiger partial charge >= 0.3 is 0 Å². The number of hydrogen-bond donors (Lipinski definition) is 0. The molecule has 0 atom stereocenters. The molecule has 0 N–H and O–H groups in total. The van der Waals surface area contributed by atoms with Gasteiger partial charge in [-0.1, -0.05) is 133 Å². The summed E-state index contributed by atoms with van der Waals surface area (Å²) in [6, 6.07) is 61.3. The highest BCUT2D eigenvalue weighted by atomic mass is 32.1. The Morgan fingerprint density at radius 1 is 0.438 bits per heavy atom. The van der Waals surface area contributed by atoms with Gasteiger partial charge in [0.25, 0.3) is 0 Å². The van der Waals surface area contributed by atoms with Gasteiger partial charge in [-0.05, 0) is 80.2 Å². The molecule has 2 aromatic heterocycles. The molecule has 0 aliphatic rings. The van der Waals surface area contributed by atoms with Crippen LogP contribution in [0.4, 0.5) is 0 Å². The number of benzene rings is 8. The predicted molar refractivity (Wildman–Crippen MR) is 205 cm³/mol. The van der Waals surface area contributed by atoms with Crippen molar-refractivity contribution in [3.05, 3.63) is 170 Å². The van der Waals surface area contributed by atoms with E-state index in [4.69, 9.17) is 4.98 Å². The third-order valence-corrected chi connectivity index (χ3v) is 10.7. The molecule has 0 unspecified atom stereocenters. The summed E-state index contributed by atoms with van der Waals surface area (Å²) in [6.07, 6.45) is 0. The topological polar surface area (TPSA) is 17.8 Å². The van der Waals surface area contributed by atoms with Crippen molar-refractivity contribution in [1.82, 2.24) is 9.55 Å². The fourth-order valence-electron chi connectivity index (χ4n) is 7.58. The van der Waals surface area contributed by atoms with Crippen molar-refractivity contribution in [3.8, 4) is 39.3 Å². The standard InChI is InChI=1S/C45H28N2S/c1-2-14-29(15-3-1)45-46-38-24-9-10-25-39(38)47(45)31-17-12-16-30(28-31)42-32-18-4-6-20-34(32)43(35-21-7-5-19-33(35)42)37-23-13-27-41-44(37)36-22-8-11-26-40(36)48-41/h1-28H. The van der Waals surface area contributed by atoms with Gasteiger partial charge in [0.1, 0.15) is 5.82 Å². The quantitative estimate of drug-likeness (QED) is 0.177. The minimum atomic E-state index is 0.940. The van der Waals surface area contributed by atoms with Gasteiger partial charge in [-0.3, -0.25) is 4.57 Å². The average molecular weight is 629 g/mol. The molecule has 0 aliphatic heterocycles. The highest BCUT2D eigenvalue weighted by Crippen LogP contribution is 2.48. The summed E-state index contributed by atoms with van der Waals surface area (Å²) in [7, 11) is 0. The lowest BCUT2D eigenvalue weighted by atomic mass is 9.85. The summed E-state index contributed by atoms with van der Waals surface area (Å²) in [6.45, 7) is 0. The molecule has 0 amide bonds. The molecule has 8 aromatic carbocycles. The van der Waals surface area contributed by atoms with E-state index in [1.807, 2.05) is 11.3 Å². The van der Waals surface area contributed by atoms with Gasteiger partial charge in [-0.15, -0.1) is 11.3 Å². The van der Waals surface area contributed by atoms with Crippen LogP contribution in [0.3, 0.4) is 0 Å². The fraction of sp³-hybridized carbons (Fsp3) is 0. The van der Waals surface area contributed by atoms with Crippen molar-refractivity contribution in [1.29, 1.82) is 0 Å². The van der Waals surface area contributed by atoms with Crippen LogP contribution >= 0.6 is 11.3 Å². The Balaban J connectivity index is 1.27. The van der Waals surface area contributed by atoms with Crippen molar-refractivity contribution < 1.29 is 0 Å². The summed E-state index contributed by atoms with van der Waals surface area (Å²) in [5, 5.41) is 7.68. The normalized spacial score (nSPS) is 11.8. The number of imidazole rings is 1. The summed E-state index contributed by atoms with van der Waals surface area (Å²) in [5.74, 6) is 0.940. The van der Waals surface area contributed by atoms with Gasteiger partial charge in [-0.25, -0.2) is 4.98 Å². The minimum Gasteiger partial charge on any atom is -0.292 e. The molecule has 0 radical (unpaired) electrons. The molecular weight excluding hydrogens is 601 g/mol. The van der Waals surface area contributed by atoms with Crippen LogP contribution in [0.1, 0.15) is 0 Å². The molecular formula is C45H28N2S. The molecule has 2 nitrogen and oxygen atoms in total. The number of nitrogens with zero attached hydrogens (tertiary/aromatic N) is 2. The lowest BCUT2D eigenvalue weighted by Crippen LogP contribution is -1.98. The van der Waals surface area contributed by atoms with Crippen LogP contribution in [-0.2, 0) is 0 Å². The van der Waals surface area contributed by atoms with Crippen LogP contribution in [-0.4, -0.2) is 9.55 Å². The predicted octanol–water partition coefficient (Wildman–Crippen LogP) is 12.7. The fourth-order valence-corrected chi connectivity index (χ4v) is 8.71. The van der Waals surface area contributed by atoms with Crippen LogP contribution in [0, 0.1) is 0 Å². The van der Waals surface area contributed by atoms with Gasteiger partial charge in [0.15, 0.2) is 0 Å². The second-order valence-corrected chi connectivity index (χ2v) is 13.4. The Bertz CT molecular complexity index is 2780. The molecule has 2 heterocycles. The van der Waals surface area contributed by atoms with Gasteiger partial charge in [0, 0.05) is 31.4 Å². The van der Waals surface area contributed by atoms with Crippen LogP contribution < -0.4 is 0 Å². The molecule has 0 saturated carbocycles. The second kappa shape index (κ2) is 10.8. The summed E-state index contributed by atoms with van der Waals surface area (Å²) in [5.41, 5.74) is 9.27. The third kappa shape index (κ3) is 4.08. The van der Waals surface area contributed by atoms with Crippen molar-refractivity contribution in [3.63, 3.8) is 0 Å². The zero-order chi connectivity index (χ0) is 31.6. The molecule has 10 aromatic rings. The van der Waals surface area contributed by atoms with Crippen molar-refractivity contribution in [2.45, 2.75) is 0 Å². The number of fused-ring (bicyclic) bond motifs is 6. The van der Waals surface area contributed by atoms with Crippen LogP contribution in [0.25, 0.3) is 92.1 Å². The highest BCUT2D eigenvalue weighted by Gasteiger charge is 2.20. The van der Waals surface area contributed by atoms with Crippen molar-refractivity contribution in [2.75, 3.05) is 0 Å². The molecule has 0 spiro atoms. The summed E-state index contributed by atoms with van der Waals surface area (Å²) in [4.78, 5) is 5.11. The molecule has 0 fully saturated rings. The van der Waals surface area contributed by atoms with Crippen LogP contribution in [0.2, 0.25) is 0 Å². The Morgan fingerprint density at radius 2 is 1.02 bits per heavy atom. The Labute approximate surface area is 281 Å². The van der Waals surface area contributed by atoms with Gasteiger partial charge < -0.3 is 0 Å². The maximum absolute atomic E-state index is 5.11. The zero-order valence-corrected chi connectivity index (χ0v) is 26.8.